The Hall–Kier alpha value is -2.21. The maximum atomic E-state index is 13.8. The Labute approximate surface area is 201 Å². The maximum absolute atomic E-state index is 13.8. The highest BCUT2D eigenvalue weighted by Crippen LogP contribution is 2.49. The smallest absolute Gasteiger partial charge is 0.312 e. The topological polar surface area (TPSA) is 64.4 Å². The Morgan fingerprint density at radius 2 is 1.74 bits per heavy atom. The van der Waals surface area contributed by atoms with Gasteiger partial charge < -0.3 is 9.30 Å². The van der Waals surface area contributed by atoms with E-state index in [0.717, 1.165) is 35.7 Å². The zero-order valence-electron chi connectivity index (χ0n) is 20.3. The van der Waals surface area contributed by atoms with Crippen LogP contribution >= 0.6 is 0 Å². The molecule has 2 saturated heterocycles. The summed E-state index contributed by atoms with van der Waals surface area (Å²) in [6, 6.07) is 9.73. The second kappa shape index (κ2) is 9.10. The summed E-state index contributed by atoms with van der Waals surface area (Å²) in [5, 5.41) is 0. The van der Waals surface area contributed by atoms with Crippen LogP contribution in [0.2, 0.25) is 0 Å². The van der Waals surface area contributed by atoms with Crippen LogP contribution in [0.25, 0.3) is 11.0 Å². The fourth-order valence-electron chi connectivity index (χ4n) is 7.98. The molecule has 1 aromatic carbocycles. The third-order valence-electron chi connectivity index (χ3n) is 9.13. The van der Waals surface area contributed by atoms with Crippen molar-refractivity contribution < 1.29 is 9.53 Å². The van der Waals surface area contributed by atoms with Gasteiger partial charge in [-0.15, -0.1) is 0 Å². The first-order chi connectivity index (χ1) is 16.6. The van der Waals surface area contributed by atoms with Gasteiger partial charge in [0, 0.05) is 18.1 Å². The average Bonchev–Trinajstić information content (AvgIpc) is 3.04. The Bertz CT molecular complexity index is 1120. The largest absolute Gasteiger partial charge is 0.466 e. The van der Waals surface area contributed by atoms with Crippen molar-refractivity contribution in [2.45, 2.75) is 102 Å². The normalized spacial score (nSPS) is 33.2. The van der Waals surface area contributed by atoms with Crippen molar-refractivity contribution in [3.05, 3.63) is 40.3 Å². The van der Waals surface area contributed by atoms with Gasteiger partial charge in [-0.25, -0.2) is 4.98 Å². The van der Waals surface area contributed by atoms with Crippen LogP contribution in [0, 0.1) is 11.8 Å². The number of fused-ring (bicyclic) bond motifs is 5. The van der Waals surface area contributed by atoms with E-state index < -0.39 is 0 Å². The van der Waals surface area contributed by atoms with Gasteiger partial charge in [-0.2, -0.15) is 0 Å². The Morgan fingerprint density at radius 1 is 0.971 bits per heavy atom. The lowest BCUT2D eigenvalue weighted by molar-refractivity contribution is -0.142. The molecule has 1 aromatic heterocycles. The summed E-state index contributed by atoms with van der Waals surface area (Å²) in [5.74, 6) is 1.42. The molecular formula is C28H37N3O3. The zero-order chi connectivity index (χ0) is 23.2. The van der Waals surface area contributed by atoms with E-state index >= 15 is 0 Å². The minimum Gasteiger partial charge on any atom is -0.466 e. The SMILES string of the molecule is CCOC(=O)Cc1nc2ccccc2n([C@@H]2C[C@@H]3CCC[C@H]2N3C2CC3CCCC(C3)C2)c1=O. The van der Waals surface area contributed by atoms with Crippen LogP contribution in [-0.2, 0) is 16.0 Å². The highest BCUT2D eigenvalue weighted by molar-refractivity contribution is 5.77. The molecular weight excluding hydrogens is 426 g/mol. The fourth-order valence-corrected chi connectivity index (χ4v) is 7.98. The number of nitrogens with zero attached hydrogens (tertiary/aromatic N) is 3. The van der Waals surface area contributed by atoms with Crippen LogP contribution in [0.3, 0.4) is 0 Å². The number of hydrogen-bond acceptors (Lipinski definition) is 5. The summed E-state index contributed by atoms with van der Waals surface area (Å²) in [5.41, 5.74) is 1.90. The summed E-state index contributed by atoms with van der Waals surface area (Å²) in [4.78, 5) is 33.5. The molecule has 2 aromatic rings. The number of carbonyl (C=O) groups is 1. The van der Waals surface area contributed by atoms with Crippen LogP contribution in [0.4, 0.5) is 0 Å². The number of piperidine rings is 1. The molecule has 2 aliphatic heterocycles. The van der Waals surface area contributed by atoms with E-state index in [1.54, 1.807) is 6.92 Å². The third-order valence-corrected chi connectivity index (χ3v) is 9.13. The van der Waals surface area contributed by atoms with Gasteiger partial charge in [0.25, 0.3) is 5.56 Å². The van der Waals surface area contributed by atoms with E-state index in [0.29, 0.717) is 30.4 Å². The zero-order valence-corrected chi connectivity index (χ0v) is 20.3. The number of hydrogen-bond donors (Lipinski definition) is 0. The van der Waals surface area contributed by atoms with Gasteiger partial charge in [-0.1, -0.05) is 37.8 Å². The number of ether oxygens (including phenoxy) is 1. The van der Waals surface area contributed by atoms with E-state index in [1.807, 2.05) is 28.8 Å². The summed E-state index contributed by atoms with van der Waals surface area (Å²) >= 11 is 0. The molecule has 0 amide bonds. The number of aromatic nitrogens is 2. The van der Waals surface area contributed by atoms with E-state index in [2.05, 4.69) is 9.88 Å². The van der Waals surface area contributed by atoms with Crippen LogP contribution in [-0.4, -0.2) is 45.2 Å². The molecule has 6 nitrogen and oxygen atoms in total. The van der Waals surface area contributed by atoms with Gasteiger partial charge in [-0.05, 0) is 69.4 Å². The summed E-state index contributed by atoms with van der Waals surface area (Å²) in [7, 11) is 0. The average molecular weight is 464 g/mol. The van der Waals surface area contributed by atoms with E-state index in [-0.39, 0.29) is 24.0 Å². The van der Waals surface area contributed by atoms with Gasteiger partial charge in [-0.3, -0.25) is 14.5 Å². The molecule has 3 heterocycles. The number of benzene rings is 1. The van der Waals surface area contributed by atoms with Crippen LogP contribution in [0.1, 0.15) is 82.9 Å². The predicted octanol–water partition coefficient (Wildman–Crippen LogP) is 4.64. The molecule has 34 heavy (non-hydrogen) atoms. The lowest BCUT2D eigenvalue weighted by Gasteiger charge is -2.48. The molecule has 4 bridgehead atoms. The van der Waals surface area contributed by atoms with E-state index in [1.165, 1.54) is 51.4 Å². The van der Waals surface area contributed by atoms with Crippen molar-refractivity contribution in [1.29, 1.82) is 0 Å². The van der Waals surface area contributed by atoms with Crippen molar-refractivity contribution in [2.24, 2.45) is 11.8 Å². The number of rotatable bonds is 5. The molecule has 5 atom stereocenters. The number of para-hydroxylation sites is 2. The first-order valence-electron chi connectivity index (χ1n) is 13.6. The van der Waals surface area contributed by atoms with Crippen molar-refractivity contribution in [2.75, 3.05) is 6.61 Å². The number of carbonyl (C=O) groups excluding carboxylic acids is 1. The molecule has 2 saturated carbocycles. The van der Waals surface area contributed by atoms with E-state index in [4.69, 9.17) is 4.74 Å². The lowest BCUT2D eigenvalue weighted by atomic mass is 9.69. The molecule has 6 rings (SSSR count). The van der Waals surface area contributed by atoms with Crippen molar-refractivity contribution in [3.8, 4) is 0 Å². The maximum Gasteiger partial charge on any atom is 0.312 e. The molecule has 6 heteroatoms. The molecule has 2 aliphatic carbocycles. The molecule has 4 fully saturated rings. The lowest BCUT2D eigenvalue weighted by Crippen LogP contribution is -2.51. The first-order valence-corrected chi connectivity index (χ1v) is 13.6. The highest BCUT2D eigenvalue weighted by atomic mass is 16.5. The quantitative estimate of drug-likeness (QED) is 0.605. The third kappa shape index (κ3) is 3.88. The second-order valence-corrected chi connectivity index (χ2v) is 11.1. The molecule has 4 aliphatic rings. The highest BCUT2D eigenvalue weighted by Gasteiger charge is 2.49. The minimum absolute atomic E-state index is 0.0615. The Morgan fingerprint density at radius 3 is 2.53 bits per heavy atom. The van der Waals surface area contributed by atoms with Gasteiger partial charge in [0.15, 0.2) is 0 Å². The summed E-state index contributed by atoms with van der Waals surface area (Å²) in [6.07, 6.45) is 13.0. The van der Waals surface area contributed by atoms with Crippen molar-refractivity contribution in [1.82, 2.24) is 14.5 Å². The minimum atomic E-state index is -0.380. The van der Waals surface area contributed by atoms with Gasteiger partial charge >= 0.3 is 5.97 Å². The van der Waals surface area contributed by atoms with Gasteiger partial charge in [0.1, 0.15) is 5.69 Å². The molecule has 0 radical (unpaired) electrons. The van der Waals surface area contributed by atoms with Crippen LogP contribution in [0.15, 0.2) is 29.1 Å². The molecule has 2 unspecified atom stereocenters. The second-order valence-electron chi connectivity index (χ2n) is 11.1. The predicted molar refractivity (Wildman–Crippen MR) is 132 cm³/mol. The van der Waals surface area contributed by atoms with Crippen LogP contribution in [0.5, 0.6) is 0 Å². The Balaban J connectivity index is 1.38. The number of esters is 1. The summed E-state index contributed by atoms with van der Waals surface area (Å²) < 4.78 is 7.16. The van der Waals surface area contributed by atoms with Crippen molar-refractivity contribution in [3.63, 3.8) is 0 Å². The Kier molecular flexibility index (Phi) is 5.96. The standard InChI is InChI=1S/C28H37N3O3/c1-2-34-27(32)17-23-28(33)31(24-11-4-3-10-22(24)29-23)26-16-20-9-6-12-25(26)30(20)21-14-18-7-5-8-19(13-18)15-21/h3-4,10-11,18-21,25-26H,2,5-9,12-17H2,1H3/t18?,19?,20-,21?,25+,26+/m0/s1. The monoisotopic (exact) mass is 463 g/mol. The molecule has 182 valence electrons. The molecule has 0 spiro atoms. The first kappa shape index (κ1) is 22.3. The van der Waals surface area contributed by atoms with Crippen molar-refractivity contribution >= 4 is 17.0 Å². The van der Waals surface area contributed by atoms with E-state index in [9.17, 15) is 9.59 Å². The van der Waals surface area contributed by atoms with Crippen LogP contribution < -0.4 is 5.56 Å². The fraction of sp³-hybridized carbons (Fsp3) is 0.679. The summed E-state index contributed by atoms with van der Waals surface area (Å²) in [6.45, 7) is 2.10. The van der Waals surface area contributed by atoms with Gasteiger partial charge in [0.05, 0.1) is 30.1 Å². The molecule has 0 N–H and O–H groups in total. The van der Waals surface area contributed by atoms with Gasteiger partial charge in [0.2, 0.25) is 0 Å².